The van der Waals surface area contributed by atoms with Crippen molar-refractivity contribution >= 4 is 14.1 Å². The summed E-state index contributed by atoms with van der Waals surface area (Å²) in [6.07, 6.45) is 1.90. The van der Waals surface area contributed by atoms with E-state index < -0.39 is 13.9 Å². The lowest BCUT2D eigenvalue weighted by molar-refractivity contribution is 0.0147. The van der Waals surface area contributed by atoms with E-state index in [0.717, 1.165) is 17.1 Å². The second-order valence-corrected chi connectivity index (χ2v) is 17.1. The molecule has 8 nitrogen and oxygen atoms in total. The van der Waals surface area contributed by atoms with Crippen molar-refractivity contribution in [2.24, 2.45) is 0 Å². The Hall–Kier alpha value is -3.37. The zero-order valence-corrected chi connectivity index (χ0v) is 26.0. The second kappa shape index (κ2) is 11.5. The maximum Gasteiger partial charge on any atom is 0.192 e. The van der Waals surface area contributed by atoms with E-state index in [4.69, 9.17) is 24.2 Å². The number of nitrogens with zero attached hydrogens (tertiary/aromatic N) is 5. The molecule has 2 aromatic heterocycles. The molecule has 0 spiro atoms. The number of morpholine rings is 1. The minimum absolute atomic E-state index is 0.0203. The van der Waals surface area contributed by atoms with E-state index in [2.05, 4.69) is 63.9 Å². The smallest absolute Gasteiger partial charge is 0.192 e. The molecule has 1 N–H and O–H groups in total. The number of hydrogen-bond acceptors (Lipinski definition) is 7. The van der Waals surface area contributed by atoms with Crippen LogP contribution in [0, 0.1) is 6.92 Å². The van der Waals surface area contributed by atoms with Gasteiger partial charge in [0.05, 0.1) is 25.5 Å². The van der Waals surface area contributed by atoms with Gasteiger partial charge in [-0.3, -0.25) is 0 Å². The average Bonchev–Trinajstić information content (AvgIpc) is 3.47. The highest BCUT2D eigenvalue weighted by molar-refractivity contribution is 6.74. The number of benzene rings is 2. The van der Waals surface area contributed by atoms with E-state index in [9.17, 15) is 5.11 Å². The van der Waals surface area contributed by atoms with Crippen molar-refractivity contribution in [1.29, 1.82) is 0 Å². The van der Waals surface area contributed by atoms with E-state index in [-0.39, 0.29) is 17.5 Å². The van der Waals surface area contributed by atoms with E-state index in [0.29, 0.717) is 37.7 Å². The Morgan fingerprint density at radius 3 is 2.32 bits per heavy atom. The molecule has 0 radical (unpaired) electrons. The number of aryl methyl sites for hydroxylation is 1. The third kappa shape index (κ3) is 6.28. The fourth-order valence-corrected chi connectivity index (χ4v) is 5.58. The van der Waals surface area contributed by atoms with Crippen molar-refractivity contribution in [2.45, 2.75) is 51.4 Å². The molecule has 1 aliphatic rings. The van der Waals surface area contributed by atoms with Gasteiger partial charge in [0.15, 0.2) is 25.6 Å². The van der Waals surface area contributed by atoms with Crippen molar-refractivity contribution < 1.29 is 14.3 Å². The average molecular weight is 572 g/mol. The maximum atomic E-state index is 12.5. The molecule has 0 amide bonds. The third-order valence-electron chi connectivity index (χ3n) is 8.24. The molecule has 0 bridgehead atoms. The lowest BCUT2D eigenvalue weighted by atomic mass is 9.93. The summed E-state index contributed by atoms with van der Waals surface area (Å²) in [5.74, 6) is 1.59. The molecule has 1 atom stereocenters. The van der Waals surface area contributed by atoms with Gasteiger partial charge in [0.25, 0.3) is 0 Å². The summed E-state index contributed by atoms with van der Waals surface area (Å²) in [4.78, 5) is 12.1. The Bertz CT molecular complexity index is 1480. The molecule has 2 aromatic carbocycles. The van der Waals surface area contributed by atoms with Gasteiger partial charge in [-0.25, -0.2) is 14.6 Å². The van der Waals surface area contributed by atoms with Gasteiger partial charge in [-0.2, -0.15) is 5.10 Å². The summed E-state index contributed by atoms with van der Waals surface area (Å²) in [5, 5.41) is 17.3. The van der Waals surface area contributed by atoms with Gasteiger partial charge >= 0.3 is 0 Å². The number of aromatic nitrogens is 4. The van der Waals surface area contributed by atoms with Gasteiger partial charge < -0.3 is 19.2 Å². The third-order valence-corrected chi connectivity index (χ3v) is 12.7. The number of hydrogen-bond donors (Lipinski definition) is 1. The molecular weight excluding hydrogens is 530 g/mol. The molecule has 1 saturated heterocycles. The van der Waals surface area contributed by atoms with Crippen LogP contribution in [0.25, 0.3) is 17.1 Å². The molecule has 41 heavy (non-hydrogen) atoms. The molecule has 0 aliphatic carbocycles. The van der Waals surface area contributed by atoms with Crippen molar-refractivity contribution in [3.05, 3.63) is 89.9 Å². The summed E-state index contributed by atoms with van der Waals surface area (Å²) in [7, 11) is -2.20. The fraction of sp³-hybridized carbons (Fsp3) is 0.406. The van der Waals surface area contributed by atoms with Gasteiger partial charge in [0, 0.05) is 30.9 Å². The zero-order valence-electron chi connectivity index (χ0n) is 25.0. The van der Waals surface area contributed by atoms with Crippen molar-refractivity contribution in [1.82, 2.24) is 19.7 Å². The first-order valence-electron chi connectivity index (χ1n) is 14.2. The van der Waals surface area contributed by atoms with E-state index in [1.54, 1.807) is 4.68 Å². The predicted molar refractivity (Wildman–Crippen MR) is 165 cm³/mol. The minimum Gasteiger partial charge on any atom is -0.413 e. The first-order valence-corrected chi connectivity index (χ1v) is 17.1. The minimum atomic E-state index is -2.20. The van der Waals surface area contributed by atoms with Gasteiger partial charge in [0.2, 0.25) is 0 Å². The van der Waals surface area contributed by atoms with Crippen molar-refractivity contribution in [2.75, 3.05) is 37.8 Å². The lowest BCUT2D eigenvalue weighted by Gasteiger charge is -2.39. The number of rotatable bonds is 8. The molecule has 9 heteroatoms. The van der Waals surface area contributed by atoms with Crippen molar-refractivity contribution in [3.8, 4) is 17.1 Å². The van der Waals surface area contributed by atoms with E-state index in [1.165, 1.54) is 5.56 Å². The largest absolute Gasteiger partial charge is 0.413 e. The molecule has 1 fully saturated rings. The summed E-state index contributed by atoms with van der Waals surface area (Å²) >= 11 is 0. The van der Waals surface area contributed by atoms with Crippen LogP contribution in [0.5, 0.6) is 0 Å². The second-order valence-electron chi connectivity index (χ2n) is 12.3. The summed E-state index contributed by atoms with van der Waals surface area (Å²) in [5.41, 5.74) is 2.17. The number of anilines is 1. The number of ether oxygens (including phenoxy) is 1. The quantitative estimate of drug-likeness (QED) is 0.270. The first-order chi connectivity index (χ1) is 19.5. The van der Waals surface area contributed by atoms with Gasteiger partial charge in [-0.05, 0) is 42.8 Å². The van der Waals surface area contributed by atoms with Gasteiger partial charge in [0.1, 0.15) is 5.82 Å². The van der Waals surface area contributed by atoms with E-state index in [1.807, 2.05) is 54.7 Å². The Labute approximate surface area is 244 Å². The molecule has 1 aliphatic heterocycles. The van der Waals surface area contributed by atoms with Crippen molar-refractivity contribution in [3.63, 3.8) is 0 Å². The van der Waals surface area contributed by atoms with Gasteiger partial charge in [-0.1, -0.05) is 74.9 Å². The zero-order chi connectivity index (χ0) is 29.3. The summed E-state index contributed by atoms with van der Waals surface area (Å²) in [6, 6.07) is 21.8. The van der Waals surface area contributed by atoms with E-state index >= 15 is 0 Å². The van der Waals surface area contributed by atoms with Crippen LogP contribution >= 0.6 is 0 Å². The SMILES string of the molecule is Cc1cccc(-c2ccn(-c3cc(N4CCOCC4)nc([C@](O)(CO[Si](C)(C)C(C)(C)C)c4ccccc4)n3)n2)c1. The molecule has 0 saturated carbocycles. The normalized spacial score (nSPS) is 16.0. The maximum absolute atomic E-state index is 12.5. The van der Waals surface area contributed by atoms with Crippen LogP contribution in [-0.4, -0.2) is 66.1 Å². The Morgan fingerprint density at radius 2 is 1.63 bits per heavy atom. The summed E-state index contributed by atoms with van der Waals surface area (Å²) < 4.78 is 14.0. The molecule has 216 valence electrons. The highest BCUT2D eigenvalue weighted by Gasteiger charge is 2.43. The molecule has 3 heterocycles. The van der Waals surface area contributed by atoms with Crippen LogP contribution in [-0.2, 0) is 14.8 Å². The lowest BCUT2D eigenvalue weighted by Crippen LogP contribution is -2.46. The van der Waals surface area contributed by atoms with Crippen LogP contribution in [0.4, 0.5) is 5.82 Å². The van der Waals surface area contributed by atoms with Crippen LogP contribution in [0.3, 0.4) is 0 Å². The van der Waals surface area contributed by atoms with Gasteiger partial charge in [-0.15, -0.1) is 0 Å². The standard InChI is InChI=1S/C32H41N5O3Si/c1-24-11-10-12-25(21-24)27-15-16-37(35-27)29-22-28(36-17-19-39-20-18-36)33-30(34-29)32(38,26-13-8-7-9-14-26)23-40-41(5,6)31(2,3)4/h7-16,21-22,38H,17-20,23H2,1-6H3/t32-/m0/s1. The Balaban J connectivity index is 1.62. The molecule has 4 aromatic rings. The van der Waals surface area contributed by atoms with Crippen LogP contribution in [0.2, 0.25) is 18.1 Å². The van der Waals surface area contributed by atoms with Crippen LogP contribution in [0.15, 0.2) is 72.9 Å². The molecule has 5 rings (SSSR count). The number of aliphatic hydroxyl groups is 1. The Morgan fingerprint density at radius 1 is 0.927 bits per heavy atom. The first kappa shape index (κ1) is 29.1. The fourth-order valence-electron chi connectivity index (χ4n) is 4.58. The highest BCUT2D eigenvalue weighted by Crippen LogP contribution is 2.39. The molecule has 0 unspecified atom stereocenters. The van der Waals surface area contributed by atoms with Crippen LogP contribution in [0.1, 0.15) is 37.7 Å². The monoisotopic (exact) mass is 571 g/mol. The molecular formula is C32H41N5O3Si. The van der Waals surface area contributed by atoms with Crippen LogP contribution < -0.4 is 4.90 Å². The predicted octanol–water partition coefficient (Wildman–Crippen LogP) is 5.73. The topological polar surface area (TPSA) is 85.5 Å². The Kier molecular flexibility index (Phi) is 8.16. The highest BCUT2D eigenvalue weighted by atomic mass is 28.4. The summed E-state index contributed by atoms with van der Waals surface area (Å²) in [6.45, 7) is 15.7.